The van der Waals surface area contributed by atoms with Crippen LogP contribution in [-0.4, -0.2) is 50.8 Å². The molecule has 0 spiro atoms. The lowest BCUT2D eigenvalue weighted by molar-refractivity contribution is -0.110. The van der Waals surface area contributed by atoms with Gasteiger partial charge in [-0.1, -0.05) is 0 Å². The molecule has 4 nitrogen and oxygen atoms in total. The van der Waals surface area contributed by atoms with Gasteiger partial charge in [0.15, 0.2) is 0 Å². The Hall–Kier alpha value is -1.76. The van der Waals surface area contributed by atoms with Crippen molar-refractivity contribution >= 4 is 6.41 Å². The average molecular weight is 316 g/mol. The van der Waals surface area contributed by atoms with E-state index >= 15 is 0 Å². The standard InChI is InChI=1S/C15H19F3N2O2/c1-22-10-6-12(17)15(13(18)7-10)11-8-20(5-3-16)4-2-14(11)19-9-21/h6-7,9,11,14H,2-5,8H2,1H3,(H,19,21). The molecule has 1 aliphatic heterocycles. The molecule has 1 fully saturated rings. The quantitative estimate of drug-likeness (QED) is 0.815. The third-order valence-corrected chi connectivity index (χ3v) is 4.04. The number of amides is 1. The molecule has 122 valence electrons. The van der Waals surface area contributed by atoms with Gasteiger partial charge in [-0.3, -0.25) is 9.69 Å². The van der Waals surface area contributed by atoms with Gasteiger partial charge in [0.25, 0.3) is 0 Å². The molecular weight excluding hydrogens is 297 g/mol. The van der Waals surface area contributed by atoms with Crippen molar-refractivity contribution in [3.05, 3.63) is 29.3 Å². The van der Waals surface area contributed by atoms with E-state index in [0.29, 0.717) is 19.4 Å². The molecule has 22 heavy (non-hydrogen) atoms. The molecule has 2 atom stereocenters. The van der Waals surface area contributed by atoms with Gasteiger partial charge >= 0.3 is 0 Å². The lowest BCUT2D eigenvalue weighted by Crippen LogP contribution is -2.48. The Kier molecular flexibility index (Phi) is 5.65. The van der Waals surface area contributed by atoms with E-state index in [0.717, 1.165) is 12.1 Å². The van der Waals surface area contributed by atoms with Crippen molar-refractivity contribution in [1.82, 2.24) is 10.2 Å². The summed E-state index contributed by atoms with van der Waals surface area (Å²) in [5, 5.41) is 2.61. The summed E-state index contributed by atoms with van der Waals surface area (Å²) in [6.45, 7) is 0.552. The van der Waals surface area contributed by atoms with Crippen LogP contribution >= 0.6 is 0 Å². The van der Waals surface area contributed by atoms with Gasteiger partial charge in [-0.25, -0.2) is 13.2 Å². The maximum absolute atomic E-state index is 14.3. The zero-order valence-corrected chi connectivity index (χ0v) is 12.3. The number of carbonyl (C=O) groups excluding carboxylic acids is 1. The number of carbonyl (C=O) groups is 1. The fourth-order valence-electron chi connectivity index (χ4n) is 2.95. The highest BCUT2D eigenvalue weighted by molar-refractivity contribution is 5.47. The lowest BCUT2D eigenvalue weighted by Gasteiger charge is -2.38. The van der Waals surface area contributed by atoms with Crippen LogP contribution in [0.2, 0.25) is 0 Å². The number of benzene rings is 1. The number of methoxy groups -OCH3 is 1. The molecule has 1 N–H and O–H groups in total. The summed E-state index contributed by atoms with van der Waals surface area (Å²) in [4.78, 5) is 12.5. The van der Waals surface area contributed by atoms with E-state index in [9.17, 15) is 18.0 Å². The number of likely N-dealkylation sites (tertiary alicyclic amines) is 1. The molecule has 1 heterocycles. The second kappa shape index (κ2) is 7.49. The number of ether oxygens (including phenoxy) is 1. The lowest BCUT2D eigenvalue weighted by atomic mass is 9.85. The first-order valence-corrected chi connectivity index (χ1v) is 7.11. The minimum absolute atomic E-state index is 0.0927. The van der Waals surface area contributed by atoms with E-state index in [-0.39, 0.29) is 30.4 Å². The zero-order valence-electron chi connectivity index (χ0n) is 12.3. The van der Waals surface area contributed by atoms with Crippen LogP contribution in [0.15, 0.2) is 12.1 Å². The second-order valence-electron chi connectivity index (χ2n) is 5.28. The van der Waals surface area contributed by atoms with Gasteiger partial charge in [0.05, 0.1) is 7.11 Å². The monoisotopic (exact) mass is 316 g/mol. The van der Waals surface area contributed by atoms with E-state index in [4.69, 9.17) is 4.74 Å². The van der Waals surface area contributed by atoms with Crippen LogP contribution in [0.25, 0.3) is 0 Å². The van der Waals surface area contributed by atoms with Gasteiger partial charge in [-0.2, -0.15) is 0 Å². The van der Waals surface area contributed by atoms with Crippen molar-refractivity contribution in [3.63, 3.8) is 0 Å². The Morgan fingerprint density at radius 3 is 2.64 bits per heavy atom. The third kappa shape index (κ3) is 3.52. The molecule has 0 aromatic heterocycles. The van der Waals surface area contributed by atoms with E-state index in [2.05, 4.69) is 5.32 Å². The van der Waals surface area contributed by atoms with Crippen LogP contribution in [0.3, 0.4) is 0 Å². The van der Waals surface area contributed by atoms with Gasteiger partial charge in [-0.15, -0.1) is 0 Å². The highest BCUT2D eigenvalue weighted by Crippen LogP contribution is 2.33. The molecule has 2 unspecified atom stereocenters. The SMILES string of the molecule is COc1cc(F)c(C2CN(CCF)CCC2NC=O)c(F)c1. The molecule has 1 saturated heterocycles. The van der Waals surface area contributed by atoms with Crippen molar-refractivity contribution in [3.8, 4) is 5.75 Å². The predicted octanol–water partition coefficient (Wildman–Crippen LogP) is 1.85. The Morgan fingerprint density at radius 1 is 1.41 bits per heavy atom. The first kappa shape index (κ1) is 16.6. The molecule has 1 aromatic carbocycles. The molecule has 2 rings (SSSR count). The number of rotatable bonds is 6. The smallest absolute Gasteiger partial charge is 0.207 e. The Bertz CT molecular complexity index is 505. The van der Waals surface area contributed by atoms with E-state index in [1.807, 2.05) is 0 Å². The predicted molar refractivity (Wildman–Crippen MR) is 75.7 cm³/mol. The molecule has 1 amide bonds. The van der Waals surface area contributed by atoms with Crippen molar-refractivity contribution in [2.45, 2.75) is 18.4 Å². The zero-order chi connectivity index (χ0) is 16.1. The number of piperidine rings is 1. The maximum Gasteiger partial charge on any atom is 0.207 e. The van der Waals surface area contributed by atoms with Crippen molar-refractivity contribution in [2.75, 3.05) is 33.4 Å². The van der Waals surface area contributed by atoms with Crippen molar-refractivity contribution in [2.24, 2.45) is 0 Å². The summed E-state index contributed by atoms with van der Waals surface area (Å²) in [6.07, 6.45) is 1.04. The normalized spacial score (nSPS) is 22.4. The van der Waals surface area contributed by atoms with Crippen LogP contribution in [0.4, 0.5) is 13.2 Å². The molecule has 1 aromatic rings. The Morgan fingerprint density at radius 2 is 2.09 bits per heavy atom. The molecule has 0 saturated carbocycles. The second-order valence-corrected chi connectivity index (χ2v) is 5.28. The third-order valence-electron chi connectivity index (χ3n) is 4.04. The number of halogens is 3. The molecule has 0 aliphatic carbocycles. The van der Waals surface area contributed by atoms with E-state index in [1.165, 1.54) is 7.11 Å². The van der Waals surface area contributed by atoms with Crippen LogP contribution in [0.1, 0.15) is 17.9 Å². The minimum Gasteiger partial charge on any atom is -0.497 e. The molecule has 1 aliphatic rings. The first-order chi connectivity index (χ1) is 10.6. The fourth-order valence-corrected chi connectivity index (χ4v) is 2.95. The Balaban J connectivity index is 2.33. The van der Waals surface area contributed by atoms with Crippen molar-refractivity contribution in [1.29, 1.82) is 0 Å². The molecular formula is C15H19F3N2O2. The number of hydrogen-bond donors (Lipinski definition) is 1. The maximum atomic E-state index is 14.3. The van der Waals surface area contributed by atoms with Gasteiger partial charge in [0.1, 0.15) is 24.1 Å². The number of nitrogens with zero attached hydrogens (tertiary/aromatic N) is 1. The Labute approximate surface area is 127 Å². The fraction of sp³-hybridized carbons (Fsp3) is 0.533. The highest BCUT2D eigenvalue weighted by Gasteiger charge is 2.34. The molecule has 0 bridgehead atoms. The minimum atomic E-state index is -0.721. The largest absolute Gasteiger partial charge is 0.497 e. The summed E-state index contributed by atoms with van der Waals surface area (Å²) in [5.41, 5.74) is -0.0938. The summed E-state index contributed by atoms with van der Waals surface area (Å²) < 4.78 is 45.9. The number of hydrogen-bond acceptors (Lipinski definition) is 3. The van der Waals surface area contributed by atoms with Gasteiger partial charge in [0, 0.05) is 49.3 Å². The van der Waals surface area contributed by atoms with Gasteiger partial charge < -0.3 is 10.1 Å². The van der Waals surface area contributed by atoms with Crippen LogP contribution in [0.5, 0.6) is 5.75 Å². The van der Waals surface area contributed by atoms with Crippen LogP contribution in [-0.2, 0) is 4.79 Å². The summed E-state index contributed by atoms with van der Waals surface area (Å²) >= 11 is 0. The average Bonchev–Trinajstić information content (AvgIpc) is 2.49. The summed E-state index contributed by atoms with van der Waals surface area (Å²) in [7, 11) is 1.33. The van der Waals surface area contributed by atoms with Gasteiger partial charge in [-0.05, 0) is 6.42 Å². The highest BCUT2D eigenvalue weighted by atomic mass is 19.1. The van der Waals surface area contributed by atoms with Gasteiger partial charge in [0.2, 0.25) is 6.41 Å². The van der Waals surface area contributed by atoms with Crippen LogP contribution < -0.4 is 10.1 Å². The first-order valence-electron chi connectivity index (χ1n) is 7.11. The van der Waals surface area contributed by atoms with Crippen LogP contribution in [0, 0.1) is 11.6 Å². The number of nitrogens with one attached hydrogen (secondary N) is 1. The van der Waals surface area contributed by atoms with Crippen molar-refractivity contribution < 1.29 is 22.7 Å². The van der Waals surface area contributed by atoms with E-state index < -0.39 is 24.2 Å². The summed E-state index contributed by atoms with van der Waals surface area (Å²) in [5.74, 6) is -1.92. The summed E-state index contributed by atoms with van der Waals surface area (Å²) in [6, 6.07) is 1.85. The topological polar surface area (TPSA) is 41.6 Å². The number of alkyl halides is 1. The molecule has 7 heteroatoms. The molecule has 0 radical (unpaired) electrons. The van der Waals surface area contributed by atoms with E-state index in [1.54, 1.807) is 4.90 Å².